The van der Waals surface area contributed by atoms with Crippen LogP contribution in [0.25, 0.3) is 11.4 Å². The third-order valence-corrected chi connectivity index (χ3v) is 12.7. The van der Waals surface area contributed by atoms with Gasteiger partial charge in [-0.15, -0.1) is 0 Å². The third kappa shape index (κ3) is 8.84. The molecule has 282 valence electrons. The molecule has 6 aromatic rings. The summed E-state index contributed by atoms with van der Waals surface area (Å²) >= 11 is 11.8. The van der Waals surface area contributed by atoms with Crippen molar-refractivity contribution < 1.29 is 26.3 Å². The minimum absolute atomic E-state index is 0.144. The number of anilines is 2. The standard InChI is InChI=1S/C20H20ClN3O3S.C18H18ClN3O3S/c1-14-12-23(13-22-14)18-8-7-17(11-19(18)27-2)24-10-9-20(28(24,25)26)15-3-5-16(21)6-4-15;1-13-10-22(12-20-13)17-8-7-16(9-18(17)25-2)21-26(23,24)11-14-3-5-15(19)6-4-14/h3-8,11-13,20H,9-10H2,1-2H3;3-10,12,21H,11H2,1-2H3. The first-order valence-electron chi connectivity index (χ1n) is 16.7. The number of imidazole rings is 2. The maximum absolute atomic E-state index is 13.2. The zero-order valence-corrected chi connectivity index (χ0v) is 33.0. The van der Waals surface area contributed by atoms with E-state index in [1.54, 1.807) is 98.6 Å². The second-order valence-corrected chi connectivity index (χ2v) is 17.2. The Labute approximate surface area is 325 Å². The Hall–Kier alpha value is -5.02. The van der Waals surface area contributed by atoms with Crippen LogP contribution < -0.4 is 18.5 Å². The Morgan fingerprint density at radius 2 is 1.31 bits per heavy atom. The fraction of sp³-hybridized carbons (Fsp3) is 0.211. The molecule has 54 heavy (non-hydrogen) atoms. The Morgan fingerprint density at radius 1 is 0.778 bits per heavy atom. The number of hydrogen-bond acceptors (Lipinski definition) is 8. The monoisotopic (exact) mass is 808 g/mol. The summed E-state index contributed by atoms with van der Waals surface area (Å²) in [5.41, 5.74) is 5.76. The van der Waals surface area contributed by atoms with Crippen LogP contribution in [-0.4, -0.2) is 56.7 Å². The molecule has 0 spiro atoms. The molecule has 1 aliphatic rings. The first kappa shape index (κ1) is 38.7. The summed E-state index contributed by atoms with van der Waals surface area (Å²) in [5, 5.41) is 0.576. The number of sulfonamides is 2. The summed E-state index contributed by atoms with van der Waals surface area (Å²) in [4.78, 5) is 8.42. The topological polar surface area (TPSA) is 138 Å². The molecule has 0 aliphatic carbocycles. The highest BCUT2D eigenvalue weighted by atomic mass is 35.5. The van der Waals surface area contributed by atoms with Crippen LogP contribution >= 0.6 is 23.2 Å². The summed E-state index contributed by atoms with van der Waals surface area (Å²) in [6, 6.07) is 24.2. The molecular weight excluding hydrogens is 771 g/mol. The number of halogens is 2. The van der Waals surface area contributed by atoms with Crippen molar-refractivity contribution in [3.63, 3.8) is 0 Å². The molecule has 4 aromatic carbocycles. The van der Waals surface area contributed by atoms with Crippen molar-refractivity contribution in [1.82, 2.24) is 19.1 Å². The second-order valence-electron chi connectivity index (χ2n) is 12.5. The second kappa shape index (κ2) is 16.1. The van der Waals surface area contributed by atoms with Crippen molar-refractivity contribution >= 4 is 54.6 Å². The molecule has 3 heterocycles. The predicted molar refractivity (Wildman–Crippen MR) is 212 cm³/mol. The minimum atomic E-state index is -3.57. The van der Waals surface area contributed by atoms with Gasteiger partial charge in [0, 0.05) is 41.1 Å². The van der Waals surface area contributed by atoms with Gasteiger partial charge in [0.05, 0.1) is 66.8 Å². The van der Waals surface area contributed by atoms with Crippen LogP contribution in [0.15, 0.2) is 110 Å². The Balaban J connectivity index is 0.000000185. The lowest BCUT2D eigenvalue weighted by Crippen LogP contribution is -2.26. The molecule has 1 unspecified atom stereocenters. The van der Waals surface area contributed by atoms with Gasteiger partial charge in [-0.3, -0.25) is 9.03 Å². The predicted octanol–water partition coefficient (Wildman–Crippen LogP) is 7.91. The van der Waals surface area contributed by atoms with Crippen molar-refractivity contribution in [1.29, 1.82) is 0 Å². The van der Waals surface area contributed by atoms with E-state index in [1.807, 2.05) is 41.4 Å². The number of methoxy groups -OCH3 is 2. The fourth-order valence-electron chi connectivity index (χ4n) is 6.07. The Morgan fingerprint density at radius 3 is 1.85 bits per heavy atom. The first-order chi connectivity index (χ1) is 25.8. The number of benzene rings is 4. The van der Waals surface area contributed by atoms with Gasteiger partial charge in [-0.1, -0.05) is 47.5 Å². The molecule has 7 rings (SSSR count). The smallest absolute Gasteiger partial charge is 0.242 e. The Bertz CT molecular complexity index is 2470. The molecule has 1 saturated heterocycles. The number of nitrogens with zero attached hydrogens (tertiary/aromatic N) is 5. The van der Waals surface area contributed by atoms with Crippen molar-refractivity contribution in [3.8, 4) is 22.9 Å². The lowest BCUT2D eigenvalue weighted by molar-refractivity contribution is 0.413. The van der Waals surface area contributed by atoms with Crippen molar-refractivity contribution in [3.05, 3.63) is 143 Å². The van der Waals surface area contributed by atoms with Gasteiger partial charge in [-0.25, -0.2) is 26.8 Å². The highest BCUT2D eigenvalue weighted by Crippen LogP contribution is 2.40. The molecule has 12 nitrogen and oxygen atoms in total. The Kier molecular flexibility index (Phi) is 11.6. The molecule has 1 fully saturated rings. The molecule has 0 radical (unpaired) electrons. The van der Waals surface area contributed by atoms with Crippen LogP contribution in [0, 0.1) is 13.8 Å². The molecule has 1 atom stereocenters. The van der Waals surface area contributed by atoms with Crippen molar-refractivity contribution in [2.75, 3.05) is 29.8 Å². The fourth-order valence-corrected chi connectivity index (χ4v) is 9.49. The lowest BCUT2D eigenvalue weighted by Gasteiger charge is -2.21. The van der Waals surface area contributed by atoms with E-state index in [0.29, 0.717) is 51.4 Å². The van der Waals surface area contributed by atoms with Crippen LogP contribution in [0.5, 0.6) is 11.5 Å². The molecule has 1 aliphatic heterocycles. The highest BCUT2D eigenvalue weighted by Gasteiger charge is 2.40. The SMILES string of the molecule is COc1cc(N2CCC(c3ccc(Cl)cc3)S2(=O)=O)ccc1-n1cnc(C)c1.COc1cc(NS(=O)(=O)Cc2ccc(Cl)cc2)ccc1-n1cnc(C)c1. The van der Waals surface area contributed by atoms with E-state index < -0.39 is 25.3 Å². The van der Waals surface area contributed by atoms with E-state index in [9.17, 15) is 16.8 Å². The van der Waals surface area contributed by atoms with Crippen LogP contribution in [-0.2, 0) is 25.8 Å². The van der Waals surface area contributed by atoms with E-state index in [4.69, 9.17) is 32.7 Å². The van der Waals surface area contributed by atoms with E-state index >= 15 is 0 Å². The molecular formula is C38H38Cl2N6O6S2. The minimum Gasteiger partial charge on any atom is -0.494 e. The van der Waals surface area contributed by atoms with E-state index in [-0.39, 0.29) is 5.75 Å². The van der Waals surface area contributed by atoms with Gasteiger partial charge in [0.25, 0.3) is 0 Å². The van der Waals surface area contributed by atoms with Gasteiger partial charge < -0.3 is 18.6 Å². The highest BCUT2D eigenvalue weighted by molar-refractivity contribution is 7.93. The van der Waals surface area contributed by atoms with Crippen LogP contribution in [0.4, 0.5) is 11.4 Å². The molecule has 1 N–H and O–H groups in total. The number of aryl methyl sites for hydroxylation is 2. The molecule has 0 bridgehead atoms. The summed E-state index contributed by atoms with van der Waals surface area (Å²) in [6.45, 7) is 4.22. The largest absolute Gasteiger partial charge is 0.494 e. The number of hydrogen-bond donors (Lipinski definition) is 1. The normalized spacial score (nSPS) is 15.0. The maximum Gasteiger partial charge on any atom is 0.242 e. The zero-order valence-electron chi connectivity index (χ0n) is 29.8. The van der Waals surface area contributed by atoms with Crippen molar-refractivity contribution in [2.45, 2.75) is 31.3 Å². The molecule has 2 aromatic heterocycles. The summed E-state index contributed by atoms with van der Waals surface area (Å²) < 4.78 is 69.8. The lowest BCUT2D eigenvalue weighted by atomic mass is 10.1. The number of rotatable bonds is 10. The van der Waals surface area contributed by atoms with Gasteiger partial charge in [0.1, 0.15) is 16.7 Å². The quantitative estimate of drug-likeness (QED) is 0.148. The number of aromatic nitrogens is 4. The summed E-state index contributed by atoms with van der Waals surface area (Å²) in [5.74, 6) is 0.976. The van der Waals surface area contributed by atoms with Gasteiger partial charge >= 0.3 is 0 Å². The third-order valence-electron chi connectivity index (χ3n) is 8.66. The van der Waals surface area contributed by atoms with E-state index in [1.165, 1.54) is 11.4 Å². The van der Waals surface area contributed by atoms with Crippen LogP contribution in [0.2, 0.25) is 10.0 Å². The van der Waals surface area contributed by atoms with E-state index in [0.717, 1.165) is 28.3 Å². The summed E-state index contributed by atoms with van der Waals surface area (Å²) in [7, 11) is -3.99. The van der Waals surface area contributed by atoms with Crippen LogP contribution in [0.1, 0.15) is 34.2 Å². The van der Waals surface area contributed by atoms with Gasteiger partial charge in [-0.05, 0) is 79.9 Å². The molecule has 16 heteroatoms. The average molecular weight is 810 g/mol. The van der Waals surface area contributed by atoms with Crippen molar-refractivity contribution in [2.24, 2.45) is 0 Å². The van der Waals surface area contributed by atoms with Gasteiger partial charge in [-0.2, -0.15) is 0 Å². The number of nitrogens with one attached hydrogen (secondary N) is 1. The van der Waals surface area contributed by atoms with E-state index in [2.05, 4.69) is 14.7 Å². The molecule has 0 amide bonds. The van der Waals surface area contributed by atoms with Crippen LogP contribution in [0.3, 0.4) is 0 Å². The average Bonchev–Trinajstić information content (AvgIpc) is 3.86. The summed E-state index contributed by atoms with van der Waals surface area (Å²) in [6.07, 6.45) is 7.66. The zero-order chi connectivity index (χ0) is 38.6. The van der Waals surface area contributed by atoms with Gasteiger partial charge in [0.15, 0.2) is 0 Å². The number of ether oxygens (including phenoxy) is 2. The first-order valence-corrected chi connectivity index (χ1v) is 20.6. The van der Waals surface area contributed by atoms with Gasteiger partial charge in [0.2, 0.25) is 20.0 Å². The molecule has 0 saturated carbocycles. The maximum atomic E-state index is 13.2.